The summed E-state index contributed by atoms with van der Waals surface area (Å²) in [5.41, 5.74) is 1.80. The van der Waals surface area contributed by atoms with Gasteiger partial charge in [-0.25, -0.2) is 4.79 Å². The lowest BCUT2D eigenvalue weighted by Gasteiger charge is -2.25. The average Bonchev–Trinajstić information content (AvgIpc) is 2.44. The van der Waals surface area contributed by atoms with Gasteiger partial charge in [0.25, 0.3) is 0 Å². The number of nitrogens with one attached hydrogen (secondary N) is 2. The summed E-state index contributed by atoms with van der Waals surface area (Å²) in [5, 5.41) is 5.61. The molecule has 5 nitrogen and oxygen atoms in total. The number of anilines is 2. The molecule has 22 heavy (non-hydrogen) atoms. The zero-order valence-corrected chi connectivity index (χ0v) is 13.9. The summed E-state index contributed by atoms with van der Waals surface area (Å²) in [6, 6.07) is 5.57. The van der Waals surface area contributed by atoms with E-state index >= 15 is 0 Å². The molecule has 1 aliphatic rings. The number of rotatable bonds is 1. The minimum absolute atomic E-state index is 0.00115. The van der Waals surface area contributed by atoms with Crippen molar-refractivity contribution in [1.82, 2.24) is 0 Å². The fourth-order valence-electron chi connectivity index (χ4n) is 2.51. The fourth-order valence-corrected chi connectivity index (χ4v) is 2.51. The minimum Gasteiger partial charge on any atom is -0.444 e. The van der Waals surface area contributed by atoms with Crippen molar-refractivity contribution >= 4 is 23.4 Å². The first-order valence-corrected chi connectivity index (χ1v) is 7.51. The van der Waals surface area contributed by atoms with Crippen molar-refractivity contribution in [2.75, 3.05) is 10.6 Å². The smallest absolute Gasteiger partial charge is 0.412 e. The molecule has 2 N–H and O–H groups in total. The second-order valence-corrected chi connectivity index (χ2v) is 7.32. The van der Waals surface area contributed by atoms with Crippen molar-refractivity contribution in [3.05, 3.63) is 23.8 Å². The molecule has 1 aromatic rings. The van der Waals surface area contributed by atoms with Crippen molar-refractivity contribution in [3.63, 3.8) is 0 Å². The molecule has 1 heterocycles. The Hall–Kier alpha value is -2.04. The first-order chi connectivity index (χ1) is 10.1. The van der Waals surface area contributed by atoms with Crippen molar-refractivity contribution < 1.29 is 14.3 Å². The van der Waals surface area contributed by atoms with Crippen LogP contribution in [0.4, 0.5) is 16.2 Å². The highest BCUT2D eigenvalue weighted by atomic mass is 16.6. The van der Waals surface area contributed by atoms with E-state index in [1.54, 1.807) is 6.07 Å². The van der Waals surface area contributed by atoms with Gasteiger partial charge in [0.1, 0.15) is 5.60 Å². The summed E-state index contributed by atoms with van der Waals surface area (Å²) in [6.07, 6.45) is 0.785. The molecule has 0 unspecified atom stereocenters. The predicted molar refractivity (Wildman–Crippen MR) is 87.2 cm³/mol. The van der Waals surface area contributed by atoms with Crippen LogP contribution in [0, 0.1) is 0 Å². The first kappa shape index (κ1) is 16.3. The molecule has 0 radical (unpaired) electrons. The Kier molecular flexibility index (Phi) is 4.18. The number of hydrogen-bond donors (Lipinski definition) is 2. The van der Waals surface area contributed by atoms with Gasteiger partial charge in [0.05, 0.1) is 0 Å². The topological polar surface area (TPSA) is 67.4 Å². The van der Waals surface area contributed by atoms with E-state index in [4.69, 9.17) is 4.74 Å². The molecule has 0 spiro atoms. The van der Waals surface area contributed by atoms with E-state index in [0.717, 1.165) is 17.7 Å². The molecule has 1 aliphatic heterocycles. The molecule has 0 saturated carbocycles. The summed E-state index contributed by atoms with van der Waals surface area (Å²) in [6.45, 7) is 9.67. The number of ether oxygens (including phenoxy) is 1. The third-order valence-corrected chi connectivity index (χ3v) is 3.65. The molecule has 1 aromatic carbocycles. The van der Waals surface area contributed by atoms with Gasteiger partial charge in [-0.15, -0.1) is 0 Å². The third-order valence-electron chi connectivity index (χ3n) is 3.65. The molecule has 0 fully saturated rings. The standard InChI is InChI=1S/C17H24N2O3/c1-16(2,3)22-15(21)18-11-6-7-12-13(10-11)19-14(20)8-9-17(12,4)5/h6-7,10H,8-9H2,1-5H3,(H,18,21)(H,19,20). The monoisotopic (exact) mass is 304 g/mol. The van der Waals surface area contributed by atoms with Gasteiger partial charge in [-0.05, 0) is 50.3 Å². The molecule has 2 amide bonds. The van der Waals surface area contributed by atoms with Gasteiger partial charge in [-0.2, -0.15) is 0 Å². The van der Waals surface area contributed by atoms with E-state index in [1.165, 1.54) is 0 Å². The Balaban J connectivity index is 2.24. The Morgan fingerprint density at radius 1 is 1.32 bits per heavy atom. The molecule has 0 aromatic heterocycles. The van der Waals surface area contributed by atoms with Crippen LogP contribution in [-0.2, 0) is 14.9 Å². The van der Waals surface area contributed by atoms with E-state index in [0.29, 0.717) is 12.1 Å². The second kappa shape index (κ2) is 5.63. The molecule has 120 valence electrons. The van der Waals surface area contributed by atoms with Crippen LogP contribution >= 0.6 is 0 Å². The molecular weight excluding hydrogens is 280 g/mol. The van der Waals surface area contributed by atoms with Gasteiger partial charge in [-0.1, -0.05) is 19.9 Å². The molecule has 0 aliphatic carbocycles. The van der Waals surface area contributed by atoms with Crippen LogP contribution in [0.2, 0.25) is 0 Å². The molecule has 0 bridgehead atoms. The van der Waals surface area contributed by atoms with Crippen LogP contribution in [0.1, 0.15) is 53.0 Å². The zero-order chi connectivity index (χ0) is 16.5. The summed E-state index contributed by atoms with van der Waals surface area (Å²) in [5.74, 6) is 0.00115. The second-order valence-electron chi connectivity index (χ2n) is 7.32. The van der Waals surface area contributed by atoms with Crippen LogP contribution in [0.3, 0.4) is 0 Å². The van der Waals surface area contributed by atoms with Crippen LogP contribution in [0.25, 0.3) is 0 Å². The van der Waals surface area contributed by atoms with Gasteiger partial charge in [0.15, 0.2) is 0 Å². The van der Waals surface area contributed by atoms with Crippen LogP contribution in [0.15, 0.2) is 18.2 Å². The quantitative estimate of drug-likeness (QED) is 0.822. The normalized spacial score (nSPS) is 17.0. The van der Waals surface area contributed by atoms with Gasteiger partial charge in [0, 0.05) is 17.8 Å². The molecule has 0 saturated heterocycles. The van der Waals surface area contributed by atoms with E-state index in [9.17, 15) is 9.59 Å². The molecule has 5 heteroatoms. The zero-order valence-electron chi connectivity index (χ0n) is 13.9. The molecule has 2 rings (SSSR count). The minimum atomic E-state index is -0.550. The highest BCUT2D eigenvalue weighted by Gasteiger charge is 2.28. The summed E-state index contributed by atoms with van der Waals surface area (Å²) in [4.78, 5) is 23.7. The van der Waals surface area contributed by atoms with Crippen LogP contribution in [-0.4, -0.2) is 17.6 Å². The summed E-state index contributed by atoms with van der Waals surface area (Å²) < 4.78 is 5.24. The van der Waals surface area contributed by atoms with Gasteiger partial charge >= 0.3 is 6.09 Å². The number of amides is 2. The summed E-state index contributed by atoms with van der Waals surface area (Å²) in [7, 11) is 0. The maximum Gasteiger partial charge on any atom is 0.412 e. The first-order valence-electron chi connectivity index (χ1n) is 7.51. The lowest BCUT2D eigenvalue weighted by molar-refractivity contribution is -0.116. The van der Waals surface area contributed by atoms with E-state index < -0.39 is 11.7 Å². The Bertz CT molecular complexity index is 600. The predicted octanol–water partition coefficient (Wildman–Crippen LogP) is 4.04. The Labute approximate surface area is 131 Å². The lowest BCUT2D eigenvalue weighted by atomic mass is 9.80. The number of benzene rings is 1. The third kappa shape index (κ3) is 4.00. The maximum absolute atomic E-state index is 11.8. The highest BCUT2D eigenvalue weighted by Crippen LogP contribution is 2.37. The van der Waals surface area contributed by atoms with E-state index in [1.807, 2.05) is 32.9 Å². The number of carbonyl (C=O) groups is 2. The highest BCUT2D eigenvalue weighted by molar-refractivity contribution is 5.94. The molecule has 0 atom stereocenters. The van der Waals surface area contributed by atoms with Crippen LogP contribution < -0.4 is 10.6 Å². The van der Waals surface area contributed by atoms with Crippen molar-refractivity contribution in [2.45, 2.75) is 58.5 Å². The fraction of sp³-hybridized carbons (Fsp3) is 0.529. The Morgan fingerprint density at radius 2 is 2.00 bits per heavy atom. The van der Waals surface area contributed by atoms with Crippen LogP contribution in [0.5, 0.6) is 0 Å². The average molecular weight is 304 g/mol. The maximum atomic E-state index is 11.8. The SMILES string of the molecule is CC(C)(C)OC(=O)Nc1ccc2c(c1)NC(=O)CCC2(C)C. The number of fused-ring (bicyclic) bond motifs is 1. The van der Waals surface area contributed by atoms with E-state index in [2.05, 4.69) is 24.5 Å². The summed E-state index contributed by atoms with van der Waals surface area (Å²) >= 11 is 0. The van der Waals surface area contributed by atoms with Crippen molar-refractivity contribution in [3.8, 4) is 0 Å². The number of hydrogen-bond acceptors (Lipinski definition) is 3. The molecular formula is C17H24N2O3. The number of carbonyl (C=O) groups excluding carboxylic acids is 2. The van der Waals surface area contributed by atoms with Crippen molar-refractivity contribution in [1.29, 1.82) is 0 Å². The van der Waals surface area contributed by atoms with Gasteiger partial charge in [0.2, 0.25) is 5.91 Å². The Morgan fingerprint density at radius 3 is 2.64 bits per heavy atom. The van der Waals surface area contributed by atoms with Gasteiger partial charge < -0.3 is 10.1 Å². The van der Waals surface area contributed by atoms with E-state index in [-0.39, 0.29) is 11.3 Å². The largest absolute Gasteiger partial charge is 0.444 e. The lowest BCUT2D eigenvalue weighted by Crippen LogP contribution is -2.27. The van der Waals surface area contributed by atoms with Crippen molar-refractivity contribution in [2.24, 2.45) is 0 Å². The van der Waals surface area contributed by atoms with Gasteiger partial charge in [-0.3, -0.25) is 10.1 Å².